The Kier molecular flexibility index (Phi) is 4.41. The molecule has 16 heavy (non-hydrogen) atoms. The molecule has 1 N–H and O–H groups in total. The van der Waals surface area contributed by atoms with Crippen LogP contribution in [0.5, 0.6) is 0 Å². The second-order valence-corrected chi connectivity index (χ2v) is 4.85. The first-order chi connectivity index (χ1) is 7.84. The van der Waals surface area contributed by atoms with Crippen molar-refractivity contribution in [1.29, 1.82) is 0 Å². The molecule has 1 aliphatic rings. The van der Waals surface area contributed by atoms with Crippen LogP contribution in [-0.2, 0) is 6.42 Å². The standard InChI is InChI=1S/C15H22N/c1-13-8-10-14(11-9-13)5-4-7-15-6-2-3-12-16-15/h3,8-11,15-16H,2,4-7,12H2,1H3. The Morgan fingerprint density at radius 2 is 2.06 bits per heavy atom. The molecule has 0 aliphatic carbocycles. The van der Waals surface area contributed by atoms with Crippen LogP contribution in [0.15, 0.2) is 24.3 Å². The monoisotopic (exact) mass is 216 g/mol. The van der Waals surface area contributed by atoms with Gasteiger partial charge in [0.1, 0.15) is 0 Å². The fourth-order valence-corrected chi connectivity index (χ4v) is 2.33. The largest absolute Gasteiger partial charge is 0.314 e. The second kappa shape index (κ2) is 6.05. The van der Waals surface area contributed by atoms with Gasteiger partial charge in [0.2, 0.25) is 0 Å². The summed E-state index contributed by atoms with van der Waals surface area (Å²) in [6, 6.07) is 9.71. The number of hydrogen-bond acceptors (Lipinski definition) is 1. The summed E-state index contributed by atoms with van der Waals surface area (Å²) in [6.45, 7) is 3.25. The van der Waals surface area contributed by atoms with Crippen molar-refractivity contribution in [3.63, 3.8) is 0 Å². The van der Waals surface area contributed by atoms with Gasteiger partial charge in [-0.2, -0.15) is 0 Å². The molecule has 1 aliphatic heterocycles. The van der Waals surface area contributed by atoms with Crippen molar-refractivity contribution in [2.75, 3.05) is 6.54 Å². The third-order valence-corrected chi connectivity index (χ3v) is 3.41. The minimum Gasteiger partial charge on any atom is -0.314 e. The van der Waals surface area contributed by atoms with Gasteiger partial charge >= 0.3 is 0 Å². The van der Waals surface area contributed by atoms with Crippen molar-refractivity contribution < 1.29 is 0 Å². The minimum absolute atomic E-state index is 0.760. The first kappa shape index (κ1) is 11.7. The van der Waals surface area contributed by atoms with Gasteiger partial charge in [-0.3, -0.25) is 0 Å². The summed E-state index contributed by atoms with van der Waals surface area (Å²) in [7, 11) is 0. The molecule has 0 amide bonds. The van der Waals surface area contributed by atoms with E-state index in [4.69, 9.17) is 0 Å². The zero-order valence-corrected chi connectivity index (χ0v) is 10.2. The van der Waals surface area contributed by atoms with Gasteiger partial charge in [-0.15, -0.1) is 0 Å². The Labute approximate surface area is 99.3 Å². The summed E-state index contributed by atoms with van der Waals surface area (Å²) in [5.74, 6) is 0. The lowest BCUT2D eigenvalue weighted by Gasteiger charge is -2.23. The molecular weight excluding hydrogens is 194 g/mol. The smallest absolute Gasteiger partial charge is 0.00674 e. The SMILES string of the molecule is Cc1ccc(CCCC2CC[CH]CN2)cc1. The summed E-state index contributed by atoms with van der Waals surface area (Å²) in [5, 5.41) is 3.56. The van der Waals surface area contributed by atoms with E-state index in [-0.39, 0.29) is 0 Å². The van der Waals surface area contributed by atoms with E-state index < -0.39 is 0 Å². The molecule has 1 heterocycles. The van der Waals surface area contributed by atoms with Gasteiger partial charge in [0.05, 0.1) is 0 Å². The van der Waals surface area contributed by atoms with Crippen LogP contribution in [0, 0.1) is 13.3 Å². The lowest BCUT2D eigenvalue weighted by Crippen LogP contribution is -2.34. The Hall–Kier alpha value is -0.820. The van der Waals surface area contributed by atoms with Gasteiger partial charge in [0, 0.05) is 6.04 Å². The highest BCUT2D eigenvalue weighted by molar-refractivity contribution is 5.21. The van der Waals surface area contributed by atoms with Gasteiger partial charge < -0.3 is 5.32 Å². The maximum atomic E-state index is 3.56. The molecule has 1 saturated heterocycles. The van der Waals surface area contributed by atoms with Gasteiger partial charge in [-0.1, -0.05) is 29.8 Å². The lowest BCUT2D eigenvalue weighted by molar-refractivity contribution is 0.417. The van der Waals surface area contributed by atoms with E-state index in [1.807, 2.05) is 0 Å². The van der Waals surface area contributed by atoms with Crippen molar-refractivity contribution in [2.45, 2.75) is 45.1 Å². The predicted octanol–water partition coefficient (Wildman–Crippen LogP) is 3.27. The van der Waals surface area contributed by atoms with E-state index in [1.54, 1.807) is 0 Å². The highest BCUT2D eigenvalue weighted by Crippen LogP contribution is 2.13. The van der Waals surface area contributed by atoms with Crippen LogP contribution in [0.25, 0.3) is 0 Å². The molecule has 0 spiro atoms. The fraction of sp³-hybridized carbons (Fsp3) is 0.533. The minimum atomic E-state index is 0.760. The van der Waals surface area contributed by atoms with E-state index >= 15 is 0 Å². The van der Waals surface area contributed by atoms with E-state index in [1.165, 1.54) is 43.2 Å². The summed E-state index contributed by atoms with van der Waals surface area (Å²) < 4.78 is 0. The maximum Gasteiger partial charge on any atom is 0.00674 e. The number of piperidine rings is 1. The highest BCUT2D eigenvalue weighted by atomic mass is 14.9. The summed E-state index contributed by atoms with van der Waals surface area (Å²) in [6.07, 6.45) is 8.82. The van der Waals surface area contributed by atoms with Crippen molar-refractivity contribution in [3.8, 4) is 0 Å². The topological polar surface area (TPSA) is 12.0 Å². The van der Waals surface area contributed by atoms with Crippen LogP contribution in [0.4, 0.5) is 0 Å². The zero-order valence-electron chi connectivity index (χ0n) is 10.2. The molecule has 0 saturated carbocycles. The van der Waals surface area contributed by atoms with Crippen LogP contribution in [0.1, 0.15) is 36.8 Å². The van der Waals surface area contributed by atoms with Gasteiger partial charge in [-0.05, 0) is 57.6 Å². The fourth-order valence-electron chi connectivity index (χ4n) is 2.33. The lowest BCUT2D eigenvalue weighted by atomic mass is 9.98. The van der Waals surface area contributed by atoms with Crippen molar-refractivity contribution in [3.05, 3.63) is 41.8 Å². The Bertz CT molecular complexity index is 296. The molecular formula is C15H22N. The maximum absolute atomic E-state index is 3.56. The molecule has 87 valence electrons. The number of rotatable bonds is 4. The molecule has 1 fully saturated rings. The van der Waals surface area contributed by atoms with Gasteiger partial charge in [-0.25, -0.2) is 0 Å². The first-order valence-corrected chi connectivity index (χ1v) is 6.45. The normalized spacial score (nSPS) is 20.9. The molecule has 1 heteroatoms. The zero-order chi connectivity index (χ0) is 11.2. The van der Waals surface area contributed by atoms with Crippen LogP contribution in [0.2, 0.25) is 0 Å². The van der Waals surface area contributed by atoms with Crippen molar-refractivity contribution in [2.24, 2.45) is 0 Å². The Morgan fingerprint density at radius 3 is 2.75 bits per heavy atom. The first-order valence-electron chi connectivity index (χ1n) is 6.45. The molecule has 0 bridgehead atoms. The Morgan fingerprint density at radius 1 is 1.25 bits per heavy atom. The third-order valence-electron chi connectivity index (χ3n) is 3.41. The van der Waals surface area contributed by atoms with Crippen LogP contribution < -0.4 is 5.32 Å². The van der Waals surface area contributed by atoms with Crippen molar-refractivity contribution >= 4 is 0 Å². The van der Waals surface area contributed by atoms with E-state index in [9.17, 15) is 0 Å². The predicted molar refractivity (Wildman–Crippen MR) is 69.4 cm³/mol. The summed E-state index contributed by atoms with van der Waals surface area (Å²) in [5.41, 5.74) is 2.83. The second-order valence-electron chi connectivity index (χ2n) is 4.85. The van der Waals surface area contributed by atoms with Gasteiger partial charge in [0.15, 0.2) is 0 Å². The third kappa shape index (κ3) is 3.64. The summed E-state index contributed by atoms with van der Waals surface area (Å²) in [4.78, 5) is 0. The molecule has 1 atom stereocenters. The van der Waals surface area contributed by atoms with E-state index in [2.05, 4.69) is 42.9 Å². The number of hydrogen-bond donors (Lipinski definition) is 1. The quantitative estimate of drug-likeness (QED) is 0.814. The van der Waals surface area contributed by atoms with E-state index in [0.717, 1.165) is 12.6 Å². The average Bonchev–Trinajstić information content (AvgIpc) is 2.33. The molecule has 1 unspecified atom stereocenters. The molecule has 0 aromatic heterocycles. The van der Waals surface area contributed by atoms with E-state index in [0.29, 0.717) is 0 Å². The number of benzene rings is 1. The number of aryl methyl sites for hydroxylation is 2. The molecule has 1 aromatic carbocycles. The van der Waals surface area contributed by atoms with Crippen molar-refractivity contribution in [1.82, 2.24) is 5.32 Å². The van der Waals surface area contributed by atoms with Crippen LogP contribution in [0.3, 0.4) is 0 Å². The number of nitrogens with one attached hydrogen (secondary N) is 1. The molecule has 1 aromatic rings. The molecule has 1 nitrogen and oxygen atoms in total. The highest BCUT2D eigenvalue weighted by Gasteiger charge is 2.11. The average molecular weight is 216 g/mol. The summed E-state index contributed by atoms with van der Waals surface area (Å²) >= 11 is 0. The van der Waals surface area contributed by atoms with Gasteiger partial charge in [0.25, 0.3) is 0 Å². The Balaban J connectivity index is 1.69. The van der Waals surface area contributed by atoms with Crippen LogP contribution >= 0.6 is 0 Å². The molecule has 1 radical (unpaired) electrons. The molecule has 2 rings (SSSR count). The van der Waals surface area contributed by atoms with Crippen LogP contribution in [-0.4, -0.2) is 12.6 Å².